The van der Waals surface area contributed by atoms with Crippen molar-refractivity contribution in [3.8, 4) is 11.1 Å². The molecule has 6 nitrogen and oxygen atoms in total. The van der Waals surface area contributed by atoms with Crippen molar-refractivity contribution >= 4 is 23.3 Å². The Hall–Kier alpha value is -2.96. The third-order valence-corrected chi connectivity index (χ3v) is 5.59. The minimum absolute atomic E-state index is 0.115. The summed E-state index contributed by atoms with van der Waals surface area (Å²) in [7, 11) is 0. The van der Waals surface area contributed by atoms with Gasteiger partial charge in [-0.2, -0.15) is 0 Å². The summed E-state index contributed by atoms with van der Waals surface area (Å²) in [6.45, 7) is 3.52. The molecule has 2 aromatic heterocycles. The van der Waals surface area contributed by atoms with Gasteiger partial charge >= 0.3 is 0 Å². The molecule has 4 rings (SSSR count). The number of benzene rings is 1. The van der Waals surface area contributed by atoms with Gasteiger partial charge in [0, 0.05) is 35.4 Å². The van der Waals surface area contributed by atoms with Gasteiger partial charge in [0.05, 0.1) is 18.8 Å². The summed E-state index contributed by atoms with van der Waals surface area (Å²) in [6.07, 6.45) is 2.60. The first-order valence-electron chi connectivity index (χ1n) is 10.3. The average molecular weight is 437 g/mol. The number of nitrogens with zero attached hydrogens (tertiary/aromatic N) is 3. The third kappa shape index (κ3) is 5.40. The van der Waals surface area contributed by atoms with Gasteiger partial charge in [-0.15, -0.1) is 0 Å². The predicted octanol–water partition coefficient (Wildman–Crippen LogP) is 4.22. The third-order valence-electron chi connectivity index (χ3n) is 5.36. The normalized spacial score (nSPS) is 16.3. The van der Waals surface area contributed by atoms with Gasteiger partial charge in [0.15, 0.2) is 0 Å². The topological polar surface area (TPSA) is 81.3 Å². The van der Waals surface area contributed by atoms with Crippen LogP contribution in [0.1, 0.15) is 29.5 Å². The van der Waals surface area contributed by atoms with Crippen molar-refractivity contribution in [3.05, 3.63) is 76.7 Å². The number of carbonyl (C=O) groups is 1. The molecule has 31 heavy (non-hydrogen) atoms. The zero-order valence-corrected chi connectivity index (χ0v) is 18.2. The van der Waals surface area contributed by atoms with Crippen LogP contribution in [0.5, 0.6) is 0 Å². The molecular formula is C24H25ClN4O2. The summed E-state index contributed by atoms with van der Waals surface area (Å²) in [5, 5.41) is 0.689. The second-order valence-electron chi connectivity index (χ2n) is 7.72. The van der Waals surface area contributed by atoms with Crippen LogP contribution in [0.4, 0.5) is 5.82 Å². The molecule has 2 N–H and O–H groups in total. The van der Waals surface area contributed by atoms with Crippen LogP contribution in [0.3, 0.4) is 0 Å². The van der Waals surface area contributed by atoms with E-state index in [1.165, 1.54) is 0 Å². The molecule has 1 aliphatic heterocycles. The number of aryl methyl sites for hydroxylation is 2. The van der Waals surface area contributed by atoms with Crippen LogP contribution in [0.15, 0.2) is 54.7 Å². The first-order valence-corrected chi connectivity index (χ1v) is 10.7. The molecule has 1 saturated heterocycles. The van der Waals surface area contributed by atoms with Crippen LogP contribution in [0, 0.1) is 6.92 Å². The van der Waals surface area contributed by atoms with Crippen molar-refractivity contribution in [2.45, 2.75) is 25.9 Å². The van der Waals surface area contributed by atoms with E-state index >= 15 is 0 Å². The molecule has 0 aliphatic carbocycles. The molecule has 0 bridgehead atoms. The minimum atomic E-state index is -0.260. The highest BCUT2D eigenvalue weighted by Crippen LogP contribution is 2.27. The number of morpholine rings is 1. The van der Waals surface area contributed by atoms with E-state index in [-0.39, 0.29) is 12.0 Å². The molecule has 1 fully saturated rings. The van der Waals surface area contributed by atoms with Crippen LogP contribution in [0.25, 0.3) is 11.1 Å². The lowest BCUT2D eigenvalue weighted by Gasteiger charge is -2.33. The van der Waals surface area contributed by atoms with E-state index < -0.39 is 0 Å². The lowest BCUT2D eigenvalue weighted by atomic mass is 10.0. The Labute approximate surface area is 187 Å². The first-order chi connectivity index (χ1) is 15.0. The molecule has 1 amide bonds. The average Bonchev–Trinajstić information content (AvgIpc) is 2.78. The Morgan fingerprint density at radius 2 is 2.10 bits per heavy atom. The Bertz CT molecular complexity index is 1070. The van der Waals surface area contributed by atoms with Crippen molar-refractivity contribution in [2.24, 2.45) is 0 Å². The van der Waals surface area contributed by atoms with Crippen LogP contribution < -0.4 is 5.73 Å². The maximum absolute atomic E-state index is 12.8. The summed E-state index contributed by atoms with van der Waals surface area (Å²) in [5.74, 6) is 0.598. The Morgan fingerprint density at radius 3 is 2.87 bits per heavy atom. The molecule has 3 heterocycles. The van der Waals surface area contributed by atoms with E-state index in [1.54, 1.807) is 12.3 Å². The van der Waals surface area contributed by atoms with Crippen molar-refractivity contribution in [1.82, 2.24) is 14.9 Å². The molecule has 0 spiro atoms. The number of halogens is 1. The Kier molecular flexibility index (Phi) is 6.49. The van der Waals surface area contributed by atoms with Crippen LogP contribution >= 0.6 is 11.6 Å². The fraction of sp³-hybridized carbons (Fsp3) is 0.292. The van der Waals surface area contributed by atoms with Crippen molar-refractivity contribution in [1.29, 1.82) is 0 Å². The van der Waals surface area contributed by atoms with E-state index in [2.05, 4.69) is 9.97 Å². The van der Waals surface area contributed by atoms with Gasteiger partial charge in [-0.3, -0.25) is 9.78 Å². The number of aromatic nitrogens is 2. The predicted molar refractivity (Wildman–Crippen MR) is 122 cm³/mol. The molecule has 1 aromatic carbocycles. The molecule has 3 aromatic rings. The second-order valence-corrected chi connectivity index (χ2v) is 8.16. The molecule has 0 saturated carbocycles. The van der Waals surface area contributed by atoms with Crippen LogP contribution in [-0.4, -0.2) is 40.5 Å². The zero-order chi connectivity index (χ0) is 21.8. The van der Waals surface area contributed by atoms with E-state index in [0.717, 1.165) is 28.1 Å². The molecular weight excluding hydrogens is 412 g/mol. The number of nitrogens with two attached hydrogens (primary N) is 1. The van der Waals surface area contributed by atoms with E-state index in [0.29, 0.717) is 43.4 Å². The van der Waals surface area contributed by atoms with Gasteiger partial charge in [-0.05, 0) is 60.9 Å². The lowest BCUT2D eigenvalue weighted by molar-refractivity contribution is -0.139. The number of anilines is 1. The van der Waals surface area contributed by atoms with Gasteiger partial charge in [0.1, 0.15) is 11.9 Å². The summed E-state index contributed by atoms with van der Waals surface area (Å²) in [4.78, 5) is 23.5. The highest BCUT2D eigenvalue weighted by Gasteiger charge is 2.26. The molecule has 1 aliphatic rings. The minimum Gasteiger partial charge on any atom is -0.384 e. The van der Waals surface area contributed by atoms with Gasteiger partial charge < -0.3 is 15.4 Å². The Balaban J connectivity index is 1.45. The number of nitrogen functional groups attached to an aromatic ring is 1. The zero-order valence-electron chi connectivity index (χ0n) is 17.4. The number of carbonyl (C=O) groups excluding carboxylic acids is 1. The maximum atomic E-state index is 12.8. The van der Waals surface area contributed by atoms with Gasteiger partial charge in [0.2, 0.25) is 5.91 Å². The van der Waals surface area contributed by atoms with E-state index in [1.807, 2.05) is 54.3 Å². The molecule has 0 unspecified atom stereocenters. The standard InChI is InChI=1S/C24H25ClN4O2/c1-16-11-19(18-6-7-23(26)27-14-18)13-21(28-16)22-15-29(9-10-31-22)24(30)8-5-17-3-2-4-20(25)12-17/h2-4,6-7,11-14,22H,5,8-10,15H2,1H3,(H2,26,27)/t22-/m1/s1. The summed E-state index contributed by atoms with van der Waals surface area (Å²) >= 11 is 6.04. The van der Waals surface area contributed by atoms with E-state index in [4.69, 9.17) is 22.1 Å². The number of rotatable bonds is 5. The number of hydrogen-bond donors (Lipinski definition) is 1. The fourth-order valence-electron chi connectivity index (χ4n) is 3.76. The largest absolute Gasteiger partial charge is 0.384 e. The lowest BCUT2D eigenvalue weighted by Crippen LogP contribution is -2.42. The summed E-state index contributed by atoms with van der Waals surface area (Å²) in [6, 6.07) is 15.4. The van der Waals surface area contributed by atoms with Crippen LogP contribution in [-0.2, 0) is 16.0 Å². The SMILES string of the molecule is Cc1cc(-c2ccc(N)nc2)cc([C@H]2CN(C(=O)CCc3cccc(Cl)c3)CCO2)n1. The van der Waals surface area contributed by atoms with Crippen molar-refractivity contribution < 1.29 is 9.53 Å². The summed E-state index contributed by atoms with van der Waals surface area (Å²) < 4.78 is 5.98. The van der Waals surface area contributed by atoms with E-state index in [9.17, 15) is 4.79 Å². The molecule has 7 heteroatoms. The Morgan fingerprint density at radius 1 is 1.23 bits per heavy atom. The quantitative estimate of drug-likeness (QED) is 0.647. The smallest absolute Gasteiger partial charge is 0.223 e. The number of hydrogen-bond acceptors (Lipinski definition) is 5. The number of ether oxygens (including phenoxy) is 1. The second kappa shape index (κ2) is 9.45. The van der Waals surface area contributed by atoms with Crippen molar-refractivity contribution in [3.63, 3.8) is 0 Å². The van der Waals surface area contributed by atoms with Gasteiger partial charge in [-0.1, -0.05) is 23.7 Å². The maximum Gasteiger partial charge on any atom is 0.223 e. The monoisotopic (exact) mass is 436 g/mol. The highest BCUT2D eigenvalue weighted by atomic mass is 35.5. The first kappa shape index (κ1) is 21.3. The van der Waals surface area contributed by atoms with Crippen LogP contribution in [0.2, 0.25) is 5.02 Å². The molecule has 160 valence electrons. The number of amides is 1. The summed E-state index contributed by atoms with van der Waals surface area (Å²) in [5.41, 5.74) is 10.4. The number of pyridine rings is 2. The molecule has 0 radical (unpaired) electrons. The van der Waals surface area contributed by atoms with Gasteiger partial charge in [-0.25, -0.2) is 4.98 Å². The fourth-order valence-corrected chi connectivity index (χ4v) is 3.97. The van der Waals surface area contributed by atoms with Crippen molar-refractivity contribution in [2.75, 3.05) is 25.4 Å². The highest BCUT2D eigenvalue weighted by molar-refractivity contribution is 6.30. The molecule has 1 atom stereocenters. The van der Waals surface area contributed by atoms with Gasteiger partial charge in [0.25, 0.3) is 0 Å².